The molecular weight excluding hydrogens is 202 g/mol. The maximum atomic E-state index is 10.3. The lowest BCUT2D eigenvalue weighted by Gasteiger charge is -2.00. The Bertz CT molecular complexity index is 359. The van der Waals surface area contributed by atoms with Gasteiger partial charge in [0.2, 0.25) is 0 Å². The van der Waals surface area contributed by atoms with E-state index in [0.717, 1.165) is 0 Å². The molecule has 0 saturated carbocycles. The fourth-order valence-electron chi connectivity index (χ4n) is 0.618. The summed E-state index contributed by atoms with van der Waals surface area (Å²) in [4.78, 5) is 0. The lowest BCUT2D eigenvalue weighted by Crippen LogP contribution is -2.09. The van der Waals surface area contributed by atoms with Gasteiger partial charge in [-0.15, -0.1) is 0 Å². The van der Waals surface area contributed by atoms with E-state index >= 15 is 0 Å². The van der Waals surface area contributed by atoms with Crippen LogP contribution in [0, 0.1) is 6.07 Å². The zero-order valence-electron chi connectivity index (χ0n) is 5.78. The minimum Gasteiger partial charge on any atom is -0.269 e. The molecule has 0 fully saturated rings. The van der Waals surface area contributed by atoms with Crippen molar-refractivity contribution >= 4 is 27.6 Å². The molecule has 0 unspecified atom stereocenters. The van der Waals surface area contributed by atoms with Crippen molar-refractivity contribution in [1.29, 1.82) is 0 Å². The molecule has 0 saturated heterocycles. The van der Waals surface area contributed by atoms with Crippen molar-refractivity contribution in [3.63, 3.8) is 0 Å². The Kier molecular flexibility index (Phi) is 2.56. The Morgan fingerprint density at radius 3 is 2.58 bits per heavy atom. The first-order valence-electron chi connectivity index (χ1n) is 2.90. The summed E-state index contributed by atoms with van der Waals surface area (Å²) in [5.41, 5.74) is 0.210. The monoisotopic (exact) mass is 206 g/mol. The van der Waals surface area contributed by atoms with Crippen molar-refractivity contribution in [2.45, 2.75) is 0 Å². The van der Waals surface area contributed by atoms with Gasteiger partial charge in [0, 0.05) is 11.1 Å². The van der Waals surface area contributed by atoms with Crippen LogP contribution < -0.4 is 4.72 Å². The molecule has 1 aromatic carbocycles. The highest BCUT2D eigenvalue weighted by Gasteiger charge is 2.02. The zero-order valence-corrected chi connectivity index (χ0v) is 7.35. The van der Waals surface area contributed by atoms with Crippen LogP contribution in [0.15, 0.2) is 18.2 Å². The van der Waals surface area contributed by atoms with Crippen molar-refractivity contribution in [2.75, 3.05) is 4.72 Å². The lowest BCUT2D eigenvalue weighted by molar-refractivity contribution is 0.490. The van der Waals surface area contributed by atoms with E-state index in [2.05, 4.69) is 6.07 Å². The van der Waals surface area contributed by atoms with E-state index in [4.69, 9.17) is 16.2 Å². The molecule has 0 aromatic heterocycles. The van der Waals surface area contributed by atoms with Crippen molar-refractivity contribution in [1.82, 2.24) is 0 Å². The molecule has 0 amide bonds. The summed E-state index contributed by atoms with van der Waals surface area (Å²) in [6.45, 7) is 0. The summed E-state index contributed by atoms with van der Waals surface area (Å²) >= 11 is 5.49. The molecule has 0 aliphatic heterocycles. The molecule has 0 aliphatic carbocycles. The number of halogens is 1. The van der Waals surface area contributed by atoms with Gasteiger partial charge < -0.3 is 0 Å². The second-order valence-corrected chi connectivity index (χ2v) is 3.56. The molecule has 0 aliphatic rings. The zero-order chi connectivity index (χ0) is 9.19. The average Bonchev–Trinajstić information content (AvgIpc) is 1.91. The van der Waals surface area contributed by atoms with Gasteiger partial charge in [-0.1, -0.05) is 11.6 Å². The second kappa shape index (κ2) is 3.30. The highest BCUT2D eigenvalue weighted by atomic mass is 35.5. The molecule has 6 heteroatoms. The molecule has 12 heavy (non-hydrogen) atoms. The van der Waals surface area contributed by atoms with Crippen LogP contribution in [0.25, 0.3) is 0 Å². The predicted molar refractivity (Wildman–Crippen MR) is 45.5 cm³/mol. The quantitative estimate of drug-likeness (QED) is 0.718. The topological polar surface area (TPSA) is 66.4 Å². The van der Waals surface area contributed by atoms with Crippen LogP contribution in [0.3, 0.4) is 0 Å². The van der Waals surface area contributed by atoms with Gasteiger partial charge in [0.15, 0.2) is 0 Å². The Labute approximate surface area is 75.0 Å². The largest absolute Gasteiger partial charge is 0.357 e. The summed E-state index contributed by atoms with van der Waals surface area (Å²) in [5, 5.41) is 0.371. The maximum absolute atomic E-state index is 10.3. The molecule has 0 spiro atoms. The van der Waals surface area contributed by atoms with E-state index in [1.54, 1.807) is 0 Å². The highest BCUT2D eigenvalue weighted by Crippen LogP contribution is 2.13. The smallest absolute Gasteiger partial charge is 0.269 e. The fraction of sp³-hybridized carbons (Fsp3) is 0. The summed E-state index contributed by atoms with van der Waals surface area (Å²) < 4.78 is 30.8. The Morgan fingerprint density at radius 1 is 1.50 bits per heavy atom. The third kappa shape index (κ3) is 3.08. The molecule has 1 rings (SSSR count). The number of benzene rings is 1. The van der Waals surface area contributed by atoms with Gasteiger partial charge in [0.1, 0.15) is 0 Å². The van der Waals surface area contributed by atoms with E-state index in [9.17, 15) is 8.42 Å². The molecule has 0 bridgehead atoms. The van der Waals surface area contributed by atoms with E-state index in [1.165, 1.54) is 18.2 Å². The summed E-state index contributed by atoms with van der Waals surface area (Å²) in [7, 11) is -4.20. The molecule has 2 N–H and O–H groups in total. The third-order valence-electron chi connectivity index (χ3n) is 1.02. The Balaban J connectivity index is 2.85. The van der Waals surface area contributed by atoms with E-state index in [1.807, 2.05) is 4.72 Å². The molecule has 1 radical (unpaired) electrons. The number of rotatable bonds is 2. The Hall–Kier alpha value is -0.780. The van der Waals surface area contributed by atoms with Gasteiger partial charge in [-0.05, 0) is 18.2 Å². The highest BCUT2D eigenvalue weighted by molar-refractivity contribution is 7.87. The van der Waals surface area contributed by atoms with Gasteiger partial charge in [-0.2, -0.15) is 8.42 Å². The van der Waals surface area contributed by atoms with Gasteiger partial charge in [-0.25, -0.2) is 0 Å². The summed E-state index contributed by atoms with van der Waals surface area (Å²) in [5.74, 6) is 0. The fourth-order valence-corrected chi connectivity index (χ4v) is 1.16. The molecule has 0 atom stereocenters. The van der Waals surface area contributed by atoms with E-state index in [0.29, 0.717) is 5.02 Å². The van der Waals surface area contributed by atoms with Crippen LogP contribution in [0.4, 0.5) is 5.69 Å². The lowest BCUT2D eigenvalue weighted by atomic mass is 10.3. The molecule has 65 valence electrons. The number of anilines is 1. The van der Waals surface area contributed by atoms with Crippen molar-refractivity contribution < 1.29 is 13.0 Å². The first kappa shape index (κ1) is 9.31. The second-order valence-electron chi connectivity index (χ2n) is 2.00. The minimum atomic E-state index is -4.20. The average molecular weight is 207 g/mol. The van der Waals surface area contributed by atoms with Gasteiger partial charge in [0.05, 0.1) is 5.69 Å². The van der Waals surface area contributed by atoms with Crippen LogP contribution in [0.1, 0.15) is 0 Å². The Morgan fingerprint density at radius 2 is 2.17 bits per heavy atom. The number of nitrogens with one attached hydrogen (secondary N) is 1. The van der Waals surface area contributed by atoms with Gasteiger partial charge in [-0.3, -0.25) is 9.27 Å². The molecule has 4 nitrogen and oxygen atoms in total. The van der Waals surface area contributed by atoms with Gasteiger partial charge >= 0.3 is 10.3 Å². The first-order valence-corrected chi connectivity index (χ1v) is 4.72. The van der Waals surface area contributed by atoms with Crippen molar-refractivity contribution in [3.8, 4) is 0 Å². The molecule has 0 heterocycles. The van der Waals surface area contributed by atoms with Crippen LogP contribution in [0.5, 0.6) is 0 Å². The van der Waals surface area contributed by atoms with E-state index in [-0.39, 0.29) is 5.69 Å². The van der Waals surface area contributed by atoms with Crippen molar-refractivity contribution in [2.24, 2.45) is 0 Å². The summed E-state index contributed by atoms with van der Waals surface area (Å²) in [6.07, 6.45) is 0. The first-order chi connectivity index (χ1) is 5.47. The normalized spacial score (nSPS) is 11.2. The molecular formula is C6H5ClNO3S. The van der Waals surface area contributed by atoms with Crippen LogP contribution in [0.2, 0.25) is 5.02 Å². The number of hydrogen-bond acceptors (Lipinski definition) is 2. The minimum absolute atomic E-state index is 0.210. The predicted octanol–water partition coefficient (Wildman–Crippen LogP) is 1.35. The van der Waals surface area contributed by atoms with Crippen molar-refractivity contribution in [3.05, 3.63) is 29.3 Å². The standard InChI is InChI=1S/C6H5ClNO3S/c7-5-1-3-6(4-2-5)8-12(9,10)11/h1,3-4,8H,(H,9,10,11). The molecule has 1 aromatic rings. The third-order valence-corrected chi connectivity index (χ3v) is 1.75. The van der Waals surface area contributed by atoms with Gasteiger partial charge in [0.25, 0.3) is 0 Å². The SMILES string of the molecule is O=S(=O)(O)Nc1c[c]c(Cl)cc1. The maximum Gasteiger partial charge on any atom is 0.357 e. The number of hydrogen-bond donors (Lipinski definition) is 2. The van der Waals surface area contributed by atoms with E-state index < -0.39 is 10.3 Å². The van der Waals surface area contributed by atoms with Crippen LogP contribution in [-0.2, 0) is 10.3 Å². The summed E-state index contributed by atoms with van der Waals surface area (Å²) in [6, 6.07) is 6.73. The van der Waals surface area contributed by atoms with Crippen LogP contribution >= 0.6 is 11.6 Å². The van der Waals surface area contributed by atoms with Crippen LogP contribution in [-0.4, -0.2) is 13.0 Å².